The maximum absolute atomic E-state index is 11.8. The topological polar surface area (TPSA) is 74.0 Å². The third kappa shape index (κ3) is 3.10. The summed E-state index contributed by atoms with van der Waals surface area (Å²) < 4.78 is 0. The minimum absolute atomic E-state index is 0.0301. The molecule has 0 aliphatic heterocycles. The molecule has 0 spiro atoms. The first-order valence-corrected chi connectivity index (χ1v) is 7.12. The highest BCUT2D eigenvalue weighted by Gasteiger charge is 2.29. The van der Waals surface area contributed by atoms with Crippen LogP contribution in [-0.2, 0) is 11.2 Å². The lowest BCUT2D eigenvalue weighted by Crippen LogP contribution is -2.43. The highest BCUT2D eigenvalue weighted by atomic mass is 16.2. The zero-order chi connectivity index (χ0) is 14.8. The summed E-state index contributed by atoms with van der Waals surface area (Å²) in [6.45, 7) is 4.46. The smallest absolute Gasteiger partial charge is 0.248 e. The second-order valence-corrected chi connectivity index (χ2v) is 6.05. The standard InChI is InChI=1S/C15H23N3O2/c1-15(2,14(20)16-3)9-17-11-5-4-6-12-10(11)7-8-13(19)18-12/h7-8,11,17H,4-6,9H2,1-3H3,(H,16,20)(H,18,19). The first-order valence-electron chi connectivity index (χ1n) is 7.12. The molecule has 20 heavy (non-hydrogen) atoms. The number of aromatic nitrogens is 1. The molecule has 0 saturated heterocycles. The van der Waals surface area contributed by atoms with Gasteiger partial charge in [-0.2, -0.15) is 0 Å². The van der Waals surface area contributed by atoms with Crippen molar-refractivity contribution in [2.45, 2.75) is 39.2 Å². The molecule has 110 valence electrons. The number of fused-ring (bicyclic) bond motifs is 1. The van der Waals surface area contributed by atoms with E-state index in [0.717, 1.165) is 30.5 Å². The van der Waals surface area contributed by atoms with Crippen molar-refractivity contribution in [3.63, 3.8) is 0 Å². The van der Waals surface area contributed by atoms with E-state index in [2.05, 4.69) is 15.6 Å². The van der Waals surface area contributed by atoms with E-state index in [1.807, 2.05) is 19.9 Å². The van der Waals surface area contributed by atoms with Gasteiger partial charge in [-0.05, 0) is 38.7 Å². The van der Waals surface area contributed by atoms with Crippen LogP contribution in [0, 0.1) is 5.41 Å². The van der Waals surface area contributed by atoms with E-state index < -0.39 is 5.41 Å². The van der Waals surface area contributed by atoms with Crippen LogP contribution in [0.3, 0.4) is 0 Å². The van der Waals surface area contributed by atoms with Gasteiger partial charge in [0.2, 0.25) is 11.5 Å². The molecule has 0 saturated carbocycles. The first-order chi connectivity index (χ1) is 9.44. The van der Waals surface area contributed by atoms with Crippen molar-refractivity contribution in [3.05, 3.63) is 33.7 Å². The lowest BCUT2D eigenvalue weighted by Gasteiger charge is -2.30. The quantitative estimate of drug-likeness (QED) is 0.772. The van der Waals surface area contributed by atoms with Gasteiger partial charge in [-0.15, -0.1) is 0 Å². The number of aromatic amines is 1. The van der Waals surface area contributed by atoms with E-state index in [0.29, 0.717) is 6.54 Å². The van der Waals surface area contributed by atoms with E-state index in [-0.39, 0.29) is 17.5 Å². The maximum Gasteiger partial charge on any atom is 0.248 e. The molecule has 1 atom stereocenters. The third-order valence-corrected chi connectivity index (χ3v) is 3.96. The van der Waals surface area contributed by atoms with Crippen molar-refractivity contribution < 1.29 is 4.79 Å². The summed E-state index contributed by atoms with van der Waals surface area (Å²) in [4.78, 5) is 26.1. The molecule has 1 heterocycles. The van der Waals surface area contributed by atoms with E-state index in [4.69, 9.17) is 0 Å². The van der Waals surface area contributed by atoms with Gasteiger partial charge in [-0.1, -0.05) is 6.07 Å². The summed E-state index contributed by atoms with van der Waals surface area (Å²) in [5, 5.41) is 6.16. The van der Waals surface area contributed by atoms with Gasteiger partial charge in [0.15, 0.2) is 0 Å². The maximum atomic E-state index is 11.8. The highest BCUT2D eigenvalue weighted by molar-refractivity contribution is 5.81. The van der Waals surface area contributed by atoms with Crippen LogP contribution in [0.15, 0.2) is 16.9 Å². The molecule has 5 nitrogen and oxygen atoms in total. The molecule has 0 bridgehead atoms. The summed E-state index contributed by atoms with van der Waals surface area (Å²) in [7, 11) is 1.66. The molecule has 0 radical (unpaired) electrons. The van der Waals surface area contributed by atoms with Gasteiger partial charge in [-0.3, -0.25) is 9.59 Å². The molecule has 1 aliphatic carbocycles. The Kier molecular flexibility index (Phi) is 4.28. The Labute approximate surface area is 119 Å². The Hall–Kier alpha value is -1.62. The lowest BCUT2D eigenvalue weighted by atomic mass is 9.88. The normalized spacial score (nSPS) is 18.4. The molecule has 1 aromatic heterocycles. The zero-order valence-corrected chi connectivity index (χ0v) is 12.4. The van der Waals surface area contributed by atoms with Gasteiger partial charge in [-0.25, -0.2) is 0 Å². The van der Waals surface area contributed by atoms with Crippen LogP contribution in [0.1, 0.15) is 44.0 Å². The Morgan fingerprint density at radius 1 is 1.45 bits per heavy atom. The summed E-state index contributed by atoms with van der Waals surface area (Å²) >= 11 is 0. The van der Waals surface area contributed by atoms with Gasteiger partial charge in [0.1, 0.15) is 0 Å². The SMILES string of the molecule is CNC(=O)C(C)(C)CNC1CCCc2[nH]c(=O)ccc21. The van der Waals surface area contributed by atoms with Crippen LogP contribution in [0.5, 0.6) is 0 Å². The van der Waals surface area contributed by atoms with Crippen molar-refractivity contribution >= 4 is 5.91 Å². The third-order valence-electron chi connectivity index (χ3n) is 3.96. The zero-order valence-electron chi connectivity index (χ0n) is 12.4. The molecular formula is C15H23N3O2. The largest absolute Gasteiger partial charge is 0.359 e. The van der Waals surface area contributed by atoms with E-state index in [1.165, 1.54) is 0 Å². The van der Waals surface area contributed by atoms with Crippen LogP contribution >= 0.6 is 0 Å². The number of aryl methyl sites for hydroxylation is 1. The summed E-state index contributed by atoms with van der Waals surface area (Å²) in [6.07, 6.45) is 3.00. The molecule has 1 aromatic rings. The summed E-state index contributed by atoms with van der Waals surface area (Å²) in [5.41, 5.74) is 1.69. The number of rotatable bonds is 4. The minimum atomic E-state index is -0.450. The molecule has 1 unspecified atom stereocenters. The van der Waals surface area contributed by atoms with Gasteiger partial charge < -0.3 is 15.6 Å². The first kappa shape index (κ1) is 14.8. The summed E-state index contributed by atoms with van der Waals surface area (Å²) in [5.74, 6) is 0.0301. The molecule has 0 fully saturated rings. The van der Waals surface area contributed by atoms with Gasteiger partial charge in [0, 0.05) is 31.4 Å². The number of carbonyl (C=O) groups is 1. The summed E-state index contributed by atoms with van der Waals surface area (Å²) in [6, 6.07) is 3.68. The number of carbonyl (C=O) groups excluding carboxylic acids is 1. The van der Waals surface area contributed by atoms with E-state index in [9.17, 15) is 9.59 Å². The molecule has 5 heteroatoms. The molecule has 3 N–H and O–H groups in total. The number of H-pyrrole nitrogens is 1. The molecule has 0 aromatic carbocycles. The van der Waals surface area contributed by atoms with Gasteiger partial charge in [0.25, 0.3) is 0 Å². The predicted molar refractivity (Wildman–Crippen MR) is 78.6 cm³/mol. The average Bonchev–Trinajstić information content (AvgIpc) is 2.43. The Bertz CT molecular complexity index is 548. The number of pyridine rings is 1. The number of hydrogen-bond acceptors (Lipinski definition) is 3. The van der Waals surface area contributed by atoms with Crippen molar-refractivity contribution in [1.29, 1.82) is 0 Å². The molecule has 1 amide bonds. The average molecular weight is 277 g/mol. The second kappa shape index (κ2) is 5.79. The van der Waals surface area contributed by atoms with Crippen molar-refractivity contribution in [2.75, 3.05) is 13.6 Å². The Morgan fingerprint density at radius 2 is 2.20 bits per heavy atom. The van der Waals surface area contributed by atoms with Crippen LogP contribution in [0.25, 0.3) is 0 Å². The minimum Gasteiger partial charge on any atom is -0.359 e. The van der Waals surface area contributed by atoms with Crippen molar-refractivity contribution in [3.8, 4) is 0 Å². The number of hydrogen-bond donors (Lipinski definition) is 3. The predicted octanol–water partition coefficient (Wildman–Crippen LogP) is 1.11. The number of amides is 1. The Morgan fingerprint density at radius 3 is 2.90 bits per heavy atom. The number of nitrogens with one attached hydrogen (secondary N) is 3. The monoisotopic (exact) mass is 277 g/mol. The molecule has 2 rings (SSSR count). The highest BCUT2D eigenvalue weighted by Crippen LogP contribution is 2.28. The fourth-order valence-corrected chi connectivity index (χ4v) is 2.71. The fourth-order valence-electron chi connectivity index (χ4n) is 2.71. The molecular weight excluding hydrogens is 254 g/mol. The second-order valence-electron chi connectivity index (χ2n) is 6.05. The van der Waals surface area contributed by atoms with Gasteiger partial charge in [0.05, 0.1) is 5.41 Å². The van der Waals surface area contributed by atoms with Crippen LogP contribution in [-0.4, -0.2) is 24.5 Å². The lowest BCUT2D eigenvalue weighted by molar-refractivity contribution is -0.128. The molecule has 1 aliphatic rings. The van der Waals surface area contributed by atoms with E-state index >= 15 is 0 Å². The van der Waals surface area contributed by atoms with Gasteiger partial charge >= 0.3 is 0 Å². The van der Waals surface area contributed by atoms with Crippen LogP contribution in [0.2, 0.25) is 0 Å². The van der Waals surface area contributed by atoms with Crippen LogP contribution < -0.4 is 16.2 Å². The van der Waals surface area contributed by atoms with E-state index in [1.54, 1.807) is 13.1 Å². The fraction of sp³-hybridized carbons (Fsp3) is 0.600. The van der Waals surface area contributed by atoms with Crippen LogP contribution in [0.4, 0.5) is 0 Å². The van der Waals surface area contributed by atoms with Crippen molar-refractivity contribution in [1.82, 2.24) is 15.6 Å². The van der Waals surface area contributed by atoms with Crippen molar-refractivity contribution in [2.24, 2.45) is 5.41 Å². The Balaban J connectivity index is 2.09.